The van der Waals surface area contributed by atoms with Gasteiger partial charge in [-0.2, -0.15) is 5.10 Å². The molecule has 2 aromatic rings. The number of carbonyl (C=O) groups is 3. The number of urea groups is 1. The first-order valence-electron chi connectivity index (χ1n) is 6.70. The zero-order chi connectivity index (χ0) is 16.6. The standard InChI is InChI=1S/C14H13N5O4/c15-14(23)17-8-3-1-2-7(4-8)12(20)19-6-10-9(5-16-18-10)11(19)13(21)22/h1-5,11H,6H2,(H,16,18)(H,21,22)(H3,15,17,23). The van der Waals surface area contributed by atoms with Gasteiger partial charge < -0.3 is 21.1 Å². The summed E-state index contributed by atoms with van der Waals surface area (Å²) in [6, 6.07) is 4.29. The minimum absolute atomic E-state index is 0.124. The van der Waals surface area contributed by atoms with E-state index in [9.17, 15) is 19.5 Å². The average molecular weight is 315 g/mol. The smallest absolute Gasteiger partial charge is 0.331 e. The zero-order valence-electron chi connectivity index (χ0n) is 11.8. The van der Waals surface area contributed by atoms with Crippen LogP contribution in [-0.4, -0.2) is 38.1 Å². The lowest BCUT2D eigenvalue weighted by Gasteiger charge is -2.22. The van der Waals surface area contributed by atoms with Crippen LogP contribution in [0.1, 0.15) is 27.7 Å². The number of rotatable bonds is 3. The summed E-state index contributed by atoms with van der Waals surface area (Å²) in [5.41, 5.74) is 6.71. The number of benzene rings is 1. The third-order valence-corrected chi connectivity index (χ3v) is 3.56. The molecule has 1 unspecified atom stereocenters. The maximum atomic E-state index is 12.7. The number of nitrogens with two attached hydrogens (primary N) is 1. The molecule has 1 aromatic carbocycles. The highest BCUT2D eigenvalue weighted by molar-refractivity contribution is 5.99. The Morgan fingerprint density at radius 1 is 1.39 bits per heavy atom. The van der Waals surface area contributed by atoms with Gasteiger partial charge in [-0.15, -0.1) is 0 Å². The summed E-state index contributed by atoms with van der Waals surface area (Å²) in [5.74, 6) is -1.60. The number of aliphatic carboxylic acids is 1. The molecule has 0 aliphatic carbocycles. The number of hydrogen-bond acceptors (Lipinski definition) is 4. The van der Waals surface area contributed by atoms with E-state index in [-0.39, 0.29) is 12.1 Å². The summed E-state index contributed by atoms with van der Waals surface area (Å²) in [6.07, 6.45) is 1.41. The van der Waals surface area contributed by atoms with Crippen molar-refractivity contribution < 1.29 is 19.5 Å². The van der Waals surface area contributed by atoms with E-state index < -0.39 is 23.9 Å². The Morgan fingerprint density at radius 2 is 2.17 bits per heavy atom. The fraction of sp³-hybridized carbons (Fsp3) is 0.143. The molecule has 1 aliphatic rings. The van der Waals surface area contributed by atoms with Gasteiger partial charge >= 0.3 is 12.0 Å². The van der Waals surface area contributed by atoms with Crippen LogP contribution in [-0.2, 0) is 11.3 Å². The summed E-state index contributed by atoms with van der Waals surface area (Å²) < 4.78 is 0. The number of aromatic nitrogens is 2. The molecule has 9 heteroatoms. The van der Waals surface area contributed by atoms with E-state index in [4.69, 9.17) is 5.73 Å². The summed E-state index contributed by atoms with van der Waals surface area (Å²) >= 11 is 0. The van der Waals surface area contributed by atoms with Gasteiger partial charge in [-0.1, -0.05) is 6.07 Å². The van der Waals surface area contributed by atoms with Gasteiger partial charge in [-0.25, -0.2) is 9.59 Å². The third kappa shape index (κ3) is 2.59. The molecule has 0 saturated carbocycles. The van der Waals surface area contributed by atoms with Crippen LogP contribution in [0.2, 0.25) is 0 Å². The first-order valence-corrected chi connectivity index (χ1v) is 6.70. The number of primary amides is 1. The normalized spacial score (nSPS) is 16.0. The van der Waals surface area contributed by atoms with E-state index in [0.717, 1.165) is 0 Å². The number of H-pyrrole nitrogens is 1. The van der Waals surface area contributed by atoms with Crippen LogP contribution in [0.25, 0.3) is 0 Å². The summed E-state index contributed by atoms with van der Waals surface area (Å²) in [6.45, 7) is 0.124. The first-order chi connectivity index (χ1) is 11.0. The number of fused-ring (bicyclic) bond motifs is 1. The monoisotopic (exact) mass is 315 g/mol. The number of nitrogens with zero attached hydrogens (tertiary/aromatic N) is 2. The molecule has 118 valence electrons. The quantitative estimate of drug-likeness (QED) is 0.659. The molecule has 0 fully saturated rings. The van der Waals surface area contributed by atoms with Crippen molar-refractivity contribution in [3.8, 4) is 0 Å². The van der Waals surface area contributed by atoms with Gasteiger partial charge in [0.15, 0.2) is 6.04 Å². The van der Waals surface area contributed by atoms with Crippen molar-refractivity contribution in [3.63, 3.8) is 0 Å². The van der Waals surface area contributed by atoms with Crippen LogP contribution < -0.4 is 11.1 Å². The maximum absolute atomic E-state index is 12.7. The van der Waals surface area contributed by atoms with Crippen LogP contribution in [0.3, 0.4) is 0 Å². The largest absolute Gasteiger partial charge is 0.479 e. The Labute approximate surface area is 130 Å². The highest BCUT2D eigenvalue weighted by Gasteiger charge is 2.40. The maximum Gasteiger partial charge on any atom is 0.331 e. The molecule has 3 amide bonds. The van der Waals surface area contributed by atoms with Crippen molar-refractivity contribution in [3.05, 3.63) is 47.3 Å². The number of carboxylic acids is 1. The molecule has 0 saturated heterocycles. The molecule has 0 radical (unpaired) electrons. The third-order valence-electron chi connectivity index (χ3n) is 3.56. The second-order valence-corrected chi connectivity index (χ2v) is 5.05. The SMILES string of the molecule is NC(=O)Nc1cccc(C(=O)N2Cc3[nH]ncc3C2C(=O)O)c1. The van der Waals surface area contributed by atoms with Crippen molar-refractivity contribution in [1.82, 2.24) is 15.1 Å². The minimum atomic E-state index is -1.13. The summed E-state index contributed by atoms with van der Waals surface area (Å²) in [5, 5.41) is 18.3. The van der Waals surface area contributed by atoms with Crippen molar-refractivity contribution in [2.24, 2.45) is 5.73 Å². The highest BCUT2D eigenvalue weighted by Crippen LogP contribution is 2.33. The predicted octanol–water partition coefficient (Wildman–Crippen LogP) is 0.682. The van der Waals surface area contributed by atoms with Gasteiger partial charge in [0.25, 0.3) is 5.91 Å². The molecule has 1 atom stereocenters. The van der Waals surface area contributed by atoms with Gasteiger partial charge in [0, 0.05) is 16.8 Å². The molecule has 1 aromatic heterocycles. The number of nitrogens with one attached hydrogen (secondary N) is 2. The summed E-state index contributed by atoms with van der Waals surface area (Å²) in [7, 11) is 0. The molecule has 5 N–H and O–H groups in total. The van der Waals surface area contributed by atoms with Crippen molar-refractivity contribution in [1.29, 1.82) is 0 Å². The Hall–Kier alpha value is -3.36. The minimum Gasteiger partial charge on any atom is -0.479 e. The van der Waals surface area contributed by atoms with E-state index >= 15 is 0 Å². The molecule has 23 heavy (non-hydrogen) atoms. The summed E-state index contributed by atoms with van der Waals surface area (Å²) in [4.78, 5) is 36.3. The lowest BCUT2D eigenvalue weighted by Crippen LogP contribution is -2.34. The molecule has 0 bridgehead atoms. The molecule has 1 aliphatic heterocycles. The van der Waals surface area contributed by atoms with E-state index in [2.05, 4.69) is 15.5 Å². The molecule has 3 rings (SSSR count). The van der Waals surface area contributed by atoms with Gasteiger partial charge in [0.05, 0.1) is 18.4 Å². The Bertz CT molecular complexity index is 800. The Kier molecular flexibility index (Phi) is 3.45. The number of hydrogen-bond donors (Lipinski definition) is 4. The Balaban J connectivity index is 1.90. The Morgan fingerprint density at radius 3 is 2.87 bits per heavy atom. The van der Waals surface area contributed by atoms with Crippen molar-refractivity contribution in [2.45, 2.75) is 12.6 Å². The zero-order valence-corrected chi connectivity index (χ0v) is 11.8. The van der Waals surface area contributed by atoms with Crippen LogP contribution in [0.5, 0.6) is 0 Å². The van der Waals surface area contributed by atoms with Gasteiger partial charge in [0.1, 0.15) is 0 Å². The fourth-order valence-electron chi connectivity index (χ4n) is 2.61. The van der Waals surface area contributed by atoms with Crippen LogP contribution >= 0.6 is 0 Å². The van der Waals surface area contributed by atoms with Crippen molar-refractivity contribution in [2.75, 3.05) is 5.32 Å². The van der Waals surface area contributed by atoms with E-state index in [1.165, 1.54) is 17.2 Å². The van der Waals surface area contributed by atoms with E-state index in [1.54, 1.807) is 18.2 Å². The number of carbonyl (C=O) groups excluding carboxylic acids is 2. The van der Waals surface area contributed by atoms with Gasteiger partial charge in [-0.3, -0.25) is 9.89 Å². The second kappa shape index (κ2) is 5.44. The van der Waals surface area contributed by atoms with Crippen LogP contribution in [0, 0.1) is 0 Å². The molecule has 2 heterocycles. The van der Waals surface area contributed by atoms with E-state index in [1.807, 2.05) is 0 Å². The van der Waals surface area contributed by atoms with Crippen LogP contribution in [0.15, 0.2) is 30.5 Å². The van der Waals surface area contributed by atoms with E-state index in [0.29, 0.717) is 16.9 Å². The molecular formula is C14H13N5O4. The predicted molar refractivity (Wildman–Crippen MR) is 78.5 cm³/mol. The molecule has 0 spiro atoms. The number of carboxylic acid groups (broad SMARTS) is 1. The number of aromatic amines is 1. The molecule has 9 nitrogen and oxygen atoms in total. The van der Waals surface area contributed by atoms with Crippen molar-refractivity contribution >= 4 is 23.6 Å². The number of anilines is 1. The second-order valence-electron chi connectivity index (χ2n) is 5.05. The fourth-order valence-corrected chi connectivity index (χ4v) is 2.61. The average Bonchev–Trinajstić information content (AvgIpc) is 3.05. The van der Waals surface area contributed by atoms with Gasteiger partial charge in [0.2, 0.25) is 0 Å². The topological polar surface area (TPSA) is 141 Å². The lowest BCUT2D eigenvalue weighted by molar-refractivity contribution is -0.142. The lowest BCUT2D eigenvalue weighted by atomic mass is 10.1. The number of amides is 3. The van der Waals surface area contributed by atoms with Crippen LogP contribution in [0.4, 0.5) is 10.5 Å². The molecular weight excluding hydrogens is 302 g/mol. The van der Waals surface area contributed by atoms with Gasteiger partial charge in [-0.05, 0) is 18.2 Å². The first kappa shape index (κ1) is 14.6. The highest BCUT2D eigenvalue weighted by atomic mass is 16.4.